The zero-order valence-electron chi connectivity index (χ0n) is 11.6. The Balaban J connectivity index is 2.93. The molecule has 1 aromatic carbocycles. The minimum Gasteiger partial charge on any atom is -0.480 e. The smallest absolute Gasteiger partial charge is 0.321 e. The number of carbonyl (C=O) groups is 1. The van der Waals surface area contributed by atoms with E-state index < -0.39 is 33.6 Å². The number of benzene rings is 1. The number of hydrogen-bond acceptors (Lipinski definition) is 3. The van der Waals surface area contributed by atoms with E-state index in [-0.39, 0.29) is 22.9 Å². The number of aliphatic carboxylic acids is 1. The van der Waals surface area contributed by atoms with Crippen LogP contribution in [0.1, 0.15) is 25.8 Å². The largest absolute Gasteiger partial charge is 0.480 e. The molecule has 0 saturated carbocycles. The van der Waals surface area contributed by atoms with Crippen LogP contribution >= 0.6 is 11.6 Å². The number of hydrogen-bond donors (Lipinski definition) is 2. The number of carboxylic acids is 1. The third-order valence-corrected chi connectivity index (χ3v) is 4.39. The Labute approximate surface area is 128 Å². The molecule has 0 heterocycles. The Bertz CT molecular complexity index is 598. The van der Waals surface area contributed by atoms with E-state index in [0.29, 0.717) is 0 Å². The second kappa shape index (κ2) is 7.20. The minimum absolute atomic E-state index is 0.00847. The molecule has 5 nitrogen and oxygen atoms in total. The summed E-state index contributed by atoms with van der Waals surface area (Å²) in [4.78, 5) is 11.1. The molecule has 1 rings (SSSR count). The fourth-order valence-electron chi connectivity index (χ4n) is 1.79. The van der Waals surface area contributed by atoms with Crippen molar-refractivity contribution in [1.29, 1.82) is 0 Å². The summed E-state index contributed by atoms with van der Waals surface area (Å²) in [6.45, 7) is 3.55. The van der Waals surface area contributed by atoms with Crippen molar-refractivity contribution in [3.8, 4) is 0 Å². The molecule has 0 aromatic heterocycles. The van der Waals surface area contributed by atoms with Crippen LogP contribution < -0.4 is 4.72 Å². The van der Waals surface area contributed by atoms with Crippen LogP contribution in [0.5, 0.6) is 0 Å². The van der Waals surface area contributed by atoms with Gasteiger partial charge in [-0.1, -0.05) is 31.5 Å². The Morgan fingerprint density at radius 2 is 2.05 bits per heavy atom. The van der Waals surface area contributed by atoms with Crippen molar-refractivity contribution in [2.45, 2.75) is 32.1 Å². The second-order valence-corrected chi connectivity index (χ2v) is 7.26. The van der Waals surface area contributed by atoms with Gasteiger partial charge in [0.25, 0.3) is 0 Å². The lowest BCUT2D eigenvalue weighted by atomic mass is 10.1. The third-order valence-electron chi connectivity index (χ3n) is 2.72. The molecule has 0 unspecified atom stereocenters. The molecule has 0 bridgehead atoms. The SMILES string of the molecule is CC(C)C[C@H](NS(=O)(=O)Cc1c(F)cccc1Cl)C(=O)O. The number of rotatable bonds is 7. The topological polar surface area (TPSA) is 83.5 Å². The summed E-state index contributed by atoms with van der Waals surface area (Å²) in [7, 11) is -4.02. The Morgan fingerprint density at radius 1 is 1.43 bits per heavy atom. The van der Waals surface area contributed by atoms with Gasteiger partial charge in [0.15, 0.2) is 0 Å². The predicted octanol–water partition coefficient (Wildman–Crippen LogP) is 2.40. The average Bonchev–Trinajstić information content (AvgIpc) is 2.32. The van der Waals surface area contributed by atoms with Gasteiger partial charge in [-0.15, -0.1) is 0 Å². The third kappa shape index (κ3) is 5.61. The molecule has 0 amide bonds. The van der Waals surface area contributed by atoms with Gasteiger partial charge in [0.2, 0.25) is 10.0 Å². The fourth-order valence-corrected chi connectivity index (χ4v) is 3.49. The van der Waals surface area contributed by atoms with Crippen LogP contribution in [0.25, 0.3) is 0 Å². The van der Waals surface area contributed by atoms with E-state index in [1.807, 2.05) is 0 Å². The van der Waals surface area contributed by atoms with Gasteiger partial charge in [0, 0.05) is 10.6 Å². The zero-order chi connectivity index (χ0) is 16.2. The maximum absolute atomic E-state index is 13.6. The van der Waals surface area contributed by atoms with E-state index in [1.165, 1.54) is 12.1 Å². The van der Waals surface area contributed by atoms with Crippen molar-refractivity contribution in [3.05, 3.63) is 34.6 Å². The standard InChI is InChI=1S/C13H17ClFNO4S/c1-8(2)6-12(13(17)18)16-21(19,20)7-9-10(14)4-3-5-11(9)15/h3-5,8,12,16H,6-7H2,1-2H3,(H,17,18)/t12-/m0/s1. The minimum atomic E-state index is -4.02. The summed E-state index contributed by atoms with van der Waals surface area (Å²) in [5.41, 5.74) is -0.180. The van der Waals surface area contributed by atoms with Crippen molar-refractivity contribution in [2.75, 3.05) is 0 Å². The van der Waals surface area contributed by atoms with E-state index in [0.717, 1.165) is 6.07 Å². The molecule has 0 saturated heterocycles. The first-order valence-corrected chi connectivity index (χ1v) is 8.31. The molecule has 8 heteroatoms. The van der Waals surface area contributed by atoms with Crippen molar-refractivity contribution in [1.82, 2.24) is 4.72 Å². The summed E-state index contributed by atoms with van der Waals surface area (Å²) in [5.74, 6) is -2.73. The van der Waals surface area contributed by atoms with Crippen LogP contribution in [0.2, 0.25) is 5.02 Å². The van der Waals surface area contributed by atoms with Crippen molar-refractivity contribution in [2.24, 2.45) is 5.92 Å². The number of carboxylic acid groups (broad SMARTS) is 1. The van der Waals surface area contributed by atoms with Gasteiger partial charge in [0.1, 0.15) is 11.9 Å². The molecule has 21 heavy (non-hydrogen) atoms. The van der Waals surface area contributed by atoms with Gasteiger partial charge in [-0.3, -0.25) is 4.79 Å². The zero-order valence-corrected chi connectivity index (χ0v) is 13.2. The first kappa shape index (κ1) is 17.9. The van der Waals surface area contributed by atoms with Crippen LogP contribution in [0.3, 0.4) is 0 Å². The molecule has 2 N–H and O–H groups in total. The monoisotopic (exact) mass is 337 g/mol. The highest BCUT2D eigenvalue weighted by molar-refractivity contribution is 7.88. The lowest BCUT2D eigenvalue weighted by molar-refractivity contribution is -0.139. The molecular formula is C13H17ClFNO4S. The number of halogens is 2. The highest BCUT2D eigenvalue weighted by Crippen LogP contribution is 2.21. The van der Waals surface area contributed by atoms with E-state index in [2.05, 4.69) is 4.72 Å². The van der Waals surface area contributed by atoms with Gasteiger partial charge >= 0.3 is 5.97 Å². The molecule has 0 aliphatic carbocycles. The highest BCUT2D eigenvalue weighted by Gasteiger charge is 2.26. The Hall–Kier alpha value is -1.18. The summed E-state index contributed by atoms with van der Waals surface area (Å²) in [5, 5.41) is 9.02. The quantitative estimate of drug-likeness (QED) is 0.800. The maximum Gasteiger partial charge on any atom is 0.321 e. The summed E-state index contributed by atoms with van der Waals surface area (Å²) in [6, 6.07) is 2.58. The summed E-state index contributed by atoms with van der Waals surface area (Å²) >= 11 is 5.77. The molecule has 0 fully saturated rings. The van der Waals surface area contributed by atoms with E-state index in [4.69, 9.17) is 16.7 Å². The van der Waals surface area contributed by atoms with Crippen molar-refractivity contribution in [3.63, 3.8) is 0 Å². The number of sulfonamides is 1. The first-order valence-electron chi connectivity index (χ1n) is 6.28. The second-order valence-electron chi connectivity index (χ2n) is 5.10. The van der Waals surface area contributed by atoms with E-state index in [9.17, 15) is 17.6 Å². The molecule has 118 valence electrons. The van der Waals surface area contributed by atoms with Crippen LogP contribution in [-0.4, -0.2) is 25.5 Å². The lowest BCUT2D eigenvalue weighted by Gasteiger charge is -2.17. The van der Waals surface area contributed by atoms with Crippen LogP contribution in [0.15, 0.2) is 18.2 Å². The van der Waals surface area contributed by atoms with Crippen molar-refractivity contribution < 1.29 is 22.7 Å². The molecule has 1 aromatic rings. The lowest BCUT2D eigenvalue weighted by Crippen LogP contribution is -2.42. The average molecular weight is 338 g/mol. The fraction of sp³-hybridized carbons (Fsp3) is 0.462. The van der Waals surface area contributed by atoms with E-state index >= 15 is 0 Å². The maximum atomic E-state index is 13.6. The van der Waals surface area contributed by atoms with E-state index in [1.54, 1.807) is 13.8 Å². The summed E-state index contributed by atoms with van der Waals surface area (Å²) in [6.07, 6.45) is 0.138. The Morgan fingerprint density at radius 3 is 2.52 bits per heavy atom. The highest BCUT2D eigenvalue weighted by atomic mass is 35.5. The van der Waals surface area contributed by atoms with Gasteiger partial charge in [0.05, 0.1) is 5.75 Å². The molecule has 0 spiro atoms. The van der Waals surface area contributed by atoms with Gasteiger partial charge in [-0.05, 0) is 24.5 Å². The molecule has 1 atom stereocenters. The molecule has 0 radical (unpaired) electrons. The summed E-state index contributed by atoms with van der Waals surface area (Å²) < 4.78 is 39.7. The first-order chi connectivity index (χ1) is 9.62. The van der Waals surface area contributed by atoms with Crippen LogP contribution in [0, 0.1) is 11.7 Å². The van der Waals surface area contributed by atoms with Crippen LogP contribution in [0.4, 0.5) is 4.39 Å². The van der Waals surface area contributed by atoms with Gasteiger partial charge in [-0.25, -0.2) is 17.5 Å². The molecule has 0 aliphatic rings. The molecular weight excluding hydrogens is 321 g/mol. The normalized spacial score (nSPS) is 13.4. The Kier molecular flexibility index (Phi) is 6.12. The van der Waals surface area contributed by atoms with Gasteiger partial charge < -0.3 is 5.11 Å². The molecule has 0 aliphatic heterocycles. The van der Waals surface area contributed by atoms with Gasteiger partial charge in [-0.2, -0.15) is 0 Å². The number of nitrogens with one attached hydrogen (secondary N) is 1. The van der Waals surface area contributed by atoms with Crippen molar-refractivity contribution >= 4 is 27.6 Å². The van der Waals surface area contributed by atoms with Crippen LogP contribution in [-0.2, 0) is 20.6 Å². The predicted molar refractivity (Wildman–Crippen MR) is 78.0 cm³/mol.